The molecule has 31 heavy (non-hydrogen) atoms. The Morgan fingerprint density at radius 3 is 2.45 bits per heavy atom. The Morgan fingerprint density at radius 2 is 1.77 bits per heavy atom. The van der Waals surface area contributed by atoms with Gasteiger partial charge >= 0.3 is 0 Å². The van der Waals surface area contributed by atoms with E-state index in [4.69, 9.17) is 27.9 Å². The first-order valence-corrected chi connectivity index (χ1v) is 10.6. The smallest absolute Gasteiger partial charge is 0.258 e. The van der Waals surface area contributed by atoms with Crippen molar-refractivity contribution in [3.05, 3.63) is 58.6 Å². The molecule has 1 atom stereocenters. The van der Waals surface area contributed by atoms with Crippen LogP contribution in [-0.2, 0) is 14.4 Å². The third-order valence-corrected chi connectivity index (χ3v) is 4.77. The van der Waals surface area contributed by atoms with Crippen LogP contribution >= 0.6 is 23.2 Å². The molecule has 2 N–H and O–H groups in total. The molecule has 0 bridgehead atoms. The SMILES string of the molecule is CCCN(CC(=O)Nc1cc(Cl)ccc1Cl)C(=O)C(C)NC(=O)COc1ccccc1. The highest BCUT2D eigenvalue weighted by Crippen LogP contribution is 2.25. The van der Waals surface area contributed by atoms with Crippen LogP contribution in [0.25, 0.3) is 0 Å². The van der Waals surface area contributed by atoms with E-state index in [0.29, 0.717) is 34.4 Å². The molecule has 0 aromatic heterocycles. The van der Waals surface area contributed by atoms with Gasteiger partial charge in [-0.3, -0.25) is 14.4 Å². The number of amides is 3. The molecule has 0 saturated carbocycles. The van der Waals surface area contributed by atoms with Crippen molar-refractivity contribution in [1.29, 1.82) is 0 Å². The van der Waals surface area contributed by atoms with E-state index in [1.165, 1.54) is 11.0 Å². The lowest BCUT2D eigenvalue weighted by molar-refractivity contribution is -0.138. The van der Waals surface area contributed by atoms with Gasteiger partial charge in [-0.25, -0.2) is 0 Å². The topological polar surface area (TPSA) is 87.7 Å². The van der Waals surface area contributed by atoms with E-state index < -0.39 is 17.9 Å². The second-order valence-electron chi connectivity index (χ2n) is 6.82. The lowest BCUT2D eigenvalue weighted by Gasteiger charge is -2.25. The summed E-state index contributed by atoms with van der Waals surface area (Å²) in [5, 5.41) is 6.02. The number of rotatable bonds is 10. The molecule has 2 rings (SSSR count). The van der Waals surface area contributed by atoms with E-state index in [2.05, 4.69) is 10.6 Å². The average molecular weight is 466 g/mol. The first-order chi connectivity index (χ1) is 14.8. The molecule has 0 spiro atoms. The first kappa shape index (κ1) is 24.5. The predicted octanol–water partition coefficient (Wildman–Crippen LogP) is 3.75. The number of hydrogen-bond donors (Lipinski definition) is 2. The Labute approximate surface area is 191 Å². The molecular formula is C22H25Cl2N3O4. The van der Waals surface area contributed by atoms with Crippen LogP contribution in [0.5, 0.6) is 5.75 Å². The molecule has 1 unspecified atom stereocenters. The number of anilines is 1. The number of benzene rings is 2. The van der Waals surface area contributed by atoms with E-state index in [1.807, 2.05) is 13.0 Å². The van der Waals surface area contributed by atoms with Crippen molar-refractivity contribution in [3.8, 4) is 5.75 Å². The zero-order valence-corrected chi connectivity index (χ0v) is 18.9. The van der Waals surface area contributed by atoms with Gasteiger partial charge < -0.3 is 20.3 Å². The van der Waals surface area contributed by atoms with Gasteiger partial charge in [-0.2, -0.15) is 0 Å². The van der Waals surface area contributed by atoms with Gasteiger partial charge in [-0.1, -0.05) is 48.3 Å². The fourth-order valence-corrected chi connectivity index (χ4v) is 3.11. The normalized spacial score (nSPS) is 11.4. The van der Waals surface area contributed by atoms with Crippen LogP contribution in [-0.4, -0.2) is 48.4 Å². The van der Waals surface area contributed by atoms with Gasteiger partial charge in [0.25, 0.3) is 5.91 Å². The van der Waals surface area contributed by atoms with E-state index in [0.717, 1.165) is 0 Å². The van der Waals surface area contributed by atoms with Gasteiger partial charge in [-0.05, 0) is 43.7 Å². The van der Waals surface area contributed by atoms with E-state index >= 15 is 0 Å². The molecule has 0 heterocycles. The van der Waals surface area contributed by atoms with E-state index in [-0.39, 0.29) is 19.1 Å². The maximum atomic E-state index is 12.8. The van der Waals surface area contributed by atoms with E-state index in [1.54, 1.807) is 43.3 Å². The summed E-state index contributed by atoms with van der Waals surface area (Å²) >= 11 is 12.0. The minimum Gasteiger partial charge on any atom is -0.484 e. The summed E-state index contributed by atoms with van der Waals surface area (Å²) in [4.78, 5) is 38.8. The first-order valence-electron chi connectivity index (χ1n) is 9.81. The minimum atomic E-state index is -0.819. The Hall–Kier alpha value is -2.77. The molecule has 0 aliphatic heterocycles. The highest BCUT2D eigenvalue weighted by Gasteiger charge is 2.24. The van der Waals surface area contributed by atoms with Gasteiger partial charge in [0, 0.05) is 11.6 Å². The molecule has 0 saturated heterocycles. The van der Waals surface area contributed by atoms with Gasteiger partial charge in [-0.15, -0.1) is 0 Å². The summed E-state index contributed by atoms with van der Waals surface area (Å²) in [7, 11) is 0. The third kappa shape index (κ3) is 8.11. The summed E-state index contributed by atoms with van der Waals surface area (Å²) < 4.78 is 5.38. The van der Waals surface area contributed by atoms with Crippen LogP contribution in [0.15, 0.2) is 48.5 Å². The monoisotopic (exact) mass is 465 g/mol. The fraction of sp³-hybridized carbons (Fsp3) is 0.318. The Balaban J connectivity index is 1.91. The Bertz CT molecular complexity index is 909. The second-order valence-corrected chi connectivity index (χ2v) is 7.67. The minimum absolute atomic E-state index is 0.184. The summed E-state index contributed by atoms with van der Waals surface area (Å²) in [5.74, 6) is -0.670. The Kier molecular flexibility index (Phi) is 9.62. The zero-order chi connectivity index (χ0) is 22.8. The van der Waals surface area contributed by atoms with Crippen LogP contribution < -0.4 is 15.4 Å². The molecule has 0 fully saturated rings. The third-order valence-electron chi connectivity index (χ3n) is 4.20. The average Bonchev–Trinajstić information content (AvgIpc) is 2.74. The highest BCUT2D eigenvalue weighted by molar-refractivity contribution is 6.35. The highest BCUT2D eigenvalue weighted by atomic mass is 35.5. The molecule has 2 aromatic carbocycles. The maximum Gasteiger partial charge on any atom is 0.258 e. The quantitative estimate of drug-likeness (QED) is 0.559. The zero-order valence-electron chi connectivity index (χ0n) is 17.4. The summed E-state index contributed by atoms with van der Waals surface area (Å²) in [6, 6.07) is 12.8. The van der Waals surface area contributed by atoms with Gasteiger partial charge in [0.2, 0.25) is 11.8 Å². The molecule has 0 radical (unpaired) electrons. The van der Waals surface area contributed by atoms with Gasteiger partial charge in [0.15, 0.2) is 6.61 Å². The number of para-hydroxylation sites is 1. The van der Waals surface area contributed by atoms with Crippen LogP contribution in [0.2, 0.25) is 10.0 Å². The van der Waals surface area contributed by atoms with E-state index in [9.17, 15) is 14.4 Å². The lowest BCUT2D eigenvalue weighted by atomic mass is 10.2. The van der Waals surface area contributed by atoms with Crippen molar-refractivity contribution in [3.63, 3.8) is 0 Å². The number of nitrogens with zero attached hydrogens (tertiary/aromatic N) is 1. The van der Waals surface area contributed by atoms with Crippen molar-refractivity contribution in [2.24, 2.45) is 0 Å². The van der Waals surface area contributed by atoms with Gasteiger partial charge in [0.05, 0.1) is 17.3 Å². The van der Waals surface area contributed by atoms with Crippen molar-refractivity contribution < 1.29 is 19.1 Å². The maximum absolute atomic E-state index is 12.8. The van der Waals surface area contributed by atoms with Crippen molar-refractivity contribution >= 4 is 46.6 Å². The fourth-order valence-electron chi connectivity index (χ4n) is 2.78. The number of ether oxygens (including phenoxy) is 1. The number of carbonyl (C=O) groups is 3. The van der Waals surface area contributed by atoms with Crippen molar-refractivity contribution in [2.75, 3.05) is 25.0 Å². The molecule has 7 nitrogen and oxygen atoms in total. The molecule has 166 valence electrons. The summed E-state index contributed by atoms with van der Waals surface area (Å²) in [6.07, 6.45) is 0.648. The molecule has 2 aromatic rings. The van der Waals surface area contributed by atoms with Crippen LogP contribution in [0.1, 0.15) is 20.3 Å². The van der Waals surface area contributed by atoms with Crippen molar-refractivity contribution in [1.82, 2.24) is 10.2 Å². The molecule has 3 amide bonds. The molecule has 9 heteroatoms. The number of halogens is 2. The lowest BCUT2D eigenvalue weighted by Crippen LogP contribution is -2.50. The van der Waals surface area contributed by atoms with Crippen LogP contribution in [0, 0.1) is 0 Å². The second kappa shape index (κ2) is 12.2. The summed E-state index contributed by atoms with van der Waals surface area (Å²) in [6.45, 7) is 3.41. The molecule has 0 aliphatic rings. The largest absolute Gasteiger partial charge is 0.484 e. The number of carbonyl (C=O) groups excluding carboxylic acids is 3. The van der Waals surface area contributed by atoms with Gasteiger partial charge in [0.1, 0.15) is 11.8 Å². The summed E-state index contributed by atoms with van der Waals surface area (Å²) in [5.41, 5.74) is 0.363. The molecule has 0 aliphatic carbocycles. The Morgan fingerprint density at radius 1 is 1.06 bits per heavy atom. The standard InChI is InChI=1S/C22H25Cl2N3O4/c1-3-11-27(13-20(28)26-19-12-16(23)9-10-18(19)24)22(30)15(2)25-21(29)14-31-17-7-5-4-6-8-17/h4-10,12,15H,3,11,13-14H2,1-2H3,(H,25,29)(H,26,28). The molecular weight excluding hydrogens is 441 g/mol. The van der Waals surface area contributed by atoms with Crippen molar-refractivity contribution in [2.45, 2.75) is 26.3 Å². The predicted molar refractivity (Wildman–Crippen MR) is 122 cm³/mol. The number of hydrogen-bond acceptors (Lipinski definition) is 4. The number of nitrogens with one attached hydrogen (secondary N) is 2. The van der Waals surface area contributed by atoms with Crippen LogP contribution in [0.4, 0.5) is 5.69 Å². The van der Waals surface area contributed by atoms with Crippen LogP contribution in [0.3, 0.4) is 0 Å².